The first-order valence-corrected chi connectivity index (χ1v) is 7.75. The van der Waals surface area contributed by atoms with Gasteiger partial charge in [0, 0.05) is 19.2 Å². The highest BCUT2D eigenvalue weighted by Gasteiger charge is 2.17. The van der Waals surface area contributed by atoms with Crippen molar-refractivity contribution in [1.82, 2.24) is 10.2 Å². The fraction of sp³-hybridized carbons (Fsp3) is 1.00. The third-order valence-electron chi connectivity index (χ3n) is 3.66. The lowest BCUT2D eigenvalue weighted by Gasteiger charge is -2.32. The van der Waals surface area contributed by atoms with E-state index in [0.29, 0.717) is 0 Å². The van der Waals surface area contributed by atoms with Crippen molar-refractivity contribution in [1.29, 1.82) is 0 Å². The second-order valence-corrected chi connectivity index (χ2v) is 5.86. The van der Waals surface area contributed by atoms with Crippen LogP contribution in [0.1, 0.15) is 46.5 Å². The van der Waals surface area contributed by atoms with Gasteiger partial charge in [0.25, 0.3) is 0 Å². The minimum atomic E-state index is 0.753. The molecule has 18 heavy (non-hydrogen) atoms. The first-order chi connectivity index (χ1) is 8.72. The van der Waals surface area contributed by atoms with Crippen molar-refractivity contribution >= 4 is 0 Å². The fourth-order valence-corrected chi connectivity index (χ4v) is 2.32. The monoisotopic (exact) mass is 256 g/mol. The summed E-state index contributed by atoms with van der Waals surface area (Å²) < 4.78 is 5.68. The Balaban J connectivity index is 1.95. The van der Waals surface area contributed by atoms with E-state index < -0.39 is 0 Å². The molecule has 0 radical (unpaired) electrons. The third kappa shape index (κ3) is 7.34. The summed E-state index contributed by atoms with van der Waals surface area (Å²) in [6.45, 7) is 13.3. The molecule has 1 N–H and O–H groups in total. The molecule has 3 heteroatoms. The molecule has 0 aromatic heterocycles. The largest absolute Gasteiger partial charge is 0.380 e. The van der Waals surface area contributed by atoms with Crippen LogP contribution in [0.15, 0.2) is 0 Å². The Morgan fingerprint density at radius 3 is 2.56 bits per heavy atom. The van der Waals surface area contributed by atoms with Gasteiger partial charge < -0.3 is 15.0 Å². The summed E-state index contributed by atoms with van der Waals surface area (Å²) >= 11 is 0. The van der Waals surface area contributed by atoms with E-state index in [4.69, 9.17) is 4.74 Å². The fourth-order valence-electron chi connectivity index (χ4n) is 2.32. The first kappa shape index (κ1) is 15.9. The molecule has 0 aliphatic carbocycles. The van der Waals surface area contributed by atoms with Crippen molar-refractivity contribution in [2.75, 3.05) is 39.4 Å². The van der Waals surface area contributed by atoms with Gasteiger partial charge in [0.1, 0.15) is 0 Å². The lowest BCUT2D eigenvalue weighted by molar-refractivity contribution is 0.0857. The third-order valence-corrected chi connectivity index (χ3v) is 3.66. The van der Waals surface area contributed by atoms with Crippen LogP contribution in [-0.4, -0.2) is 50.3 Å². The number of hydrogen-bond acceptors (Lipinski definition) is 3. The van der Waals surface area contributed by atoms with Gasteiger partial charge in [-0.1, -0.05) is 20.8 Å². The van der Waals surface area contributed by atoms with E-state index in [0.717, 1.165) is 31.7 Å². The molecular weight excluding hydrogens is 224 g/mol. The van der Waals surface area contributed by atoms with Crippen molar-refractivity contribution in [3.63, 3.8) is 0 Å². The van der Waals surface area contributed by atoms with Crippen LogP contribution in [0.5, 0.6) is 0 Å². The van der Waals surface area contributed by atoms with E-state index in [-0.39, 0.29) is 0 Å². The van der Waals surface area contributed by atoms with Crippen molar-refractivity contribution < 1.29 is 4.74 Å². The van der Waals surface area contributed by atoms with E-state index in [2.05, 4.69) is 31.0 Å². The summed E-state index contributed by atoms with van der Waals surface area (Å²) in [7, 11) is 0. The Morgan fingerprint density at radius 2 is 1.94 bits per heavy atom. The molecule has 3 nitrogen and oxygen atoms in total. The predicted octanol–water partition coefficient (Wildman–Crippen LogP) is 2.51. The normalized spacial score (nSPS) is 18.7. The average molecular weight is 256 g/mol. The van der Waals surface area contributed by atoms with Gasteiger partial charge in [0.2, 0.25) is 0 Å². The van der Waals surface area contributed by atoms with Crippen LogP contribution in [0.3, 0.4) is 0 Å². The Labute approximate surface area is 113 Å². The molecular formula is C15H32N2O. The molecule has 1 heterocycles. The van der Waals surface area contributed by atoms with E-state index in [9.17, 15) is 0 Å². The molecule has 1 aliphatic rings. The van der Waals surface area contributed by atoms with Crippen molar-refractivity contribution in [3.05, 3.63) is 0 Å². The molecule has 1 rings (SSSR count). The number of ether oxygens (including phenoxy) is 1. The maximum absolute atomic E-state index is 5.68. The summed E-state index contributed by atoms with van der Waals surface area (Å²) in [6.07, 6.45) is 5.02. The first-order valence-electron chi connectivity index (χ1n) is 7.75. The maximum atomic E-state index is 5.68. The zero-order chi connectivity index (χ0) is 13.2. The number of hydrogen-bond donors (Lipinski definition) is 1. The molecule has 0 spiro atoms. The lowest BCUT2D eigenvalue weighted by Crippen LogP contribution is -2.43. The van der Waals surface area contributed by atoms with E-state index in [1.165, 1.54) is 45.3 Å². The molecule has 108 valence electrons. The minimum Gasteiger partial charge on any atom is -0.380 e. The Kier molecular flexibility index (Phi) is 8.64. The average Bonchev–Trinajstić information content (AvgIpc) is 2.37. The van der Waals surface area contributed by atoms with Crippen LogP contribution < -0.4 is 5.32 Å². The van der Waals surface area contributed by atoms with Gasteiger partial charge in [-0.2, -0.15) is 0 Å². The summed E-state index contributed by atoms with van der Waals surface area (Å²) in [5, 5.41) is 3.62. The van der Waals surface area contributed by atoms with Crippen LogP contribution in [0, 0.1) is 5.92 Å². The molecule has 0 saturated carbocycles. The number of likely N-dealkylation sites (tertiary alicyclic amines) is 1. The highest BCUT2D eigenvalue weighted by molar-refractivity contribution is 4.76. The Hall–Kier alpha value is -0.120. The quantitative estimate of drug-likeness (QED) is 0.642. The van der Waals surface area contributed by atoms with Crippen LogP contribution in [0.4, 0.5) is 0 Å². The van der Waals surface area contributed by atoms with E-state index in [1.807, 2.05) is 0 Å². The van der Waals surface area contributed by atoms with Crippen molar-refractivity contribution in [2.45, 2.75) is 52.5 Å². The molecule has 0 atom stereocenters. The molecule has 0 bridgehead atoms. The number of nitrogens with one attached hydrogen (secondary N) is 1. The minimum absolute atomic E-state index is 0.753. The van der Waals surface area contributed by atoms with E-state index in [1.54, 1.807) is 0 Å². The Morgan fingerprint density at radius 1 is 1.22 bits per heavy atom. The number of rotatable bonds is 9. The molecule has 0 aromatic rings. The van der Waals surface area contributed by atoms with Crippen molar-refractivity contribution in [3.8, 4) is 0 Å². The smallest absolute Gasteiger partial charge is 0.0593 e. The summed E-state index contributed by atoms with van der Waals surface area (Å²) in [5.74, 6) is 0.755. The predicted molar refractivity (Wildman–Crippen MR) is 78.0 cm³/mol. The topological polar surface area (TPSA) is 24.5 Å². The number of piperidine rings is 1. The highest BCUT2D eigenvalue weighted by atomic mass is 16.5. The van der Waals surface area contributed by atoms with Gasteiger partial charge in [0.15, 0.2) is 0 Å². The van der Waals surface area contributed by atoms with Crippen LogP contribution in [0.25, 0.3) is 0 Å². The standard InChI is InChI=1S/C15H32N2O/c1-4-8-16-15-5-9-17(10-6-15)11-13-18-12-7-14(2)3/h14-16H,4-13H2,1-3H3. The van der Waals surface area contributed by atoms with Gasteiger partial charge in [-0.05, 0) is 51.2 Å². The van der Waals surface area contributed by atoms with Crippen LogP contribution in [0.2, 0.25) is 0 Å². The number of nitrogens with zero attached hydrogens (tertiary/aromatic N) is 1. The van der Waals surface area contributed by atoms with Crippen LogP contribution in [-0.2, 0) is 4.74 Å². The summed E-state index contributed by atoms with van der Waals surface area (Å²) in [6, 6.07) is 0.753. The van der Waals surface area contributed by atoms with Gasteiger partial charge in [0.05, 0.1) is 6.61 Å². The van der Waals surface area contributed by atoms with Gasteiger partial charge in [-0.25, -0.2) is 0 Å². The second kappa shape index (κ2) is 9.76. The van der Waals surface area contributed by atoms with Gasteiger partial charge in [-0.3, -0.25) is 0 Å². The summed E-state index contributed by atoms with van der Waals surface area (Å²) in [5.41, 5.74) is 0. The molecule has 1 aliphatic heterocycles. The lowest BCUT2D eigenvalue weighted by atomic mass is 10.1. The zero-order valence-electron chi connectivity index (χ0n) is 12.6. The molecule has 0 aromatic carbocycles. The zero-order valence-corrected chi connectivity index (χ0v) is 12.6. The van der Waals surface area contributed by atoms with Crippen molar-refractivity contribution in [2.24, 2.45) is 5.92 Å². The molecule has 1 saturated heterocycles. The van der Waals surface area contributed by atoms with Gasteiger partial charge in [-0.15, -0.1) is 0 Å². The Bertz CT molecular complexity index is 189. The van der Waals surface area contributed by atoms with Crippen LogP contribution >= 0.6 is 0 Å². The highest BCUT2D eigenvalue weighted by Crippen LogP contribution is 2.10. The summed E-state index contributed by atoms with van der Waals surface area (Å²) in [4.78, 5) is 2.54. The SMILES string of the molecule is CCCNC1CCN(CCOCCC(C)C)CC1. The second-order valence-electron chi connectivity index (χ2n) is 5.86. The molecule has 0 amide bonds. The van der Waals surface area contributed by atoms with E-state index >= 15 is 0 Å². The molecule has 1 fully saturated rings. The molecule has 0 unspecified atom stereocenters. The maximum Gasteiger partial charge on any atom is 0.0593 e. The van der Waals surface area contributed by atoms with Gasteiger partial charge >= 0.3 is 0 Å².